The van der Waals surface area contributed by atoms with E-state index < -0.39 is 9.05 Å². The van der Waals surface area contributed by atoms with Gasteiger partial charge in [0.05, 0.1) is 5.75 Å². The van der Waals surface area contributed by atoms with Crippen molar-refractivity contribution in [2.75, 3.05) is 31.9 Å². The summed E-state index contributed by atoms with van der Waals surface area (Å²) in [5.41, 5.74) is 0. The highest BCUT2D eigenvalue weighted by Gasteiger charge is 2.32. The highest BCUT2D eigenvalue weighted by molar-refractivity contribution is 8.13. The van der Waals surface area contributed by atoms with Gasteiger partial charge in [0.25, 0.3) is 0 Å². The van der Waals surface area contributed by atoms with Crippen LogP contribution in [0.3, 0.4) is 0 Å². The van der Waals surface area contributed by atoms with Gasteiger partial charge in [0.15, 0.2) is 0 Å². The Morgan fingerprint density at radius 1 is 1.29 bits per heavy atom. The Balaban J connectivity index is 1.72. The van der Waals surface area contributed by atoms with Crippen molar-refractivity contribution in [3.8, 4) is 0 Å². The molecule has 5 nitrogen and oxygen atoms in total. The summed E-state index contributed by atoms with van der Waals surface area (Å²) in [5.74, 6) is -0.180. The van der Waals surface area contributed by atoms with E-state index in [4.69, 9.17) is 10.7 Å². The van der Waals surface area contributed by atoms with Gasteiger partial charge in [-0.05, 0) is 32.7 Å². The van der Waals surface area contributed by atoms with E-state index in [1.807, 2.05) is 0 Å². The summed E-state index contributed by atoms with van der Waals surface area (Å²) in [6.07, 6.45) is 5.11. The Hall–Kier alpha value is -0.330. The highest BCUT2D eigenvalue weighted by Crippen LogP contribution is 2.21. The molecule has 2 aliphatic rings. The van der Waals surface area contributed by atoms with Gasteiger partial charge in [0.1, 0.15) is 0 Å². The average Bonchev–Trinajstić information content (AvgIpc) is 2.70. The van der Waals surface area contributed by atoms with E-state index in [9.17, 15) is 13.2 Å². The molecule has 7 heteroatoms. The zero-order chi connectivity index (χ0) is 15.5. The topological polar surface area (TPSA) is 57.7 Å². The van der Waals surface area contributed by atoms with Gasteiger partial charge in [-0.25, -0.2) is 8.42 Å². The molecule has 0 N–H and O–H groups in total. The van der Waals surface area contributed by atoms with Crippen molar-refractivity contribution in [3.05, 3.63) is 0 Å². The molecule has 2 heterocycles. The lowest BCUT2D eigenvalue weighted by molar-refractivity contribution is -0.127. The van der Waals surface area contributed by atoms with Crippen LogP contribution in [0.2, 0.25) is 0 Å². The van der Waals surface area contributed by atoms with Crippen molar-refractivity contribution >= 4 is 25.6 Å². The van der Waals surface area contributed by atoms with E-state index in [0.29, 0.717) is 19.0 Å². The summed E-state index contributed by atoms with van der Waals surface area (Å²) >= 11 is 0. The number of nitrogens with zero attached hydrogens (tertiary/aromatic N) is 2. The number of carbonyl (C=O) groups is 1. The lowest BCUT2D eigenvalue weighted by atomic mass is 10.0. The van der Waals surface area contributed by atoms with Crippen LogP contribution in [0.1, 0.15) is 39.0 Å². The van der Waals surface area contributed by atoms with Gasteiger partial charge < -0.3 is 9.80 Å². The zero-order valence-corrected chi connectivity index (χ0v) is 14.2. The number of rotatable bonds is 6. The fraction of sp³-hybridized carbons (Fsp3) is 0.929. The van der Waals surface area contributed by atoms with Gasteiger partial charge in [-0.2, -0.15) is 0 Å². The predicted molar refractivity (Wildman–Crippen MR) is 83.8 cm³/mol. The normalized spacial score (nSPS) is 28.3. The van der Waals surface area contributed by atoms with Crippen molar-refractivity contribution in [3.63, 3.8) is 0 Å². The predicted octanol–water partition coefficient (Wildman–Crippen LogP) is 1.67. The van der Waals surface area contributed by atoms with Gasteiger partial charge in [0, 0.05) is 48.7 Å². The Morgan fingerprint density at radius 2 is 2.05 bits per heavy atom. The molecule has 0 saturated carbocycles. The van der Waals surface area contributed by atoms with Crippen LogP contribution in [0, 0.1) is 5.92 Å². The van der Waals surface area contributed by atoms with Crippen molar-refractivity contribution < 1.29 is 13.2 Å². The first-order valence-corrected chi connectivity index (χ1v) is 10.3. The molecule has 2 saturated heterocycles. The molecular weight excluding hydrogens is 312 g/mol. The summed E-state index contributed by atoms with van der Waals surface area (Å²) in [4.78, 5) is 16.2. The van der Waals surface area contributed by atoms with Gasteiger partial charge in [0.2, 0.25) is 15.0 Å². The first-order chi connectivity index (χ1) is 9.85. The number of piperidine rings is 1. The second kappa shape index (κ2) is 7.29. The summed E-state index contributed by atoms with van der Waals surface area (Å²) < 4.78 is 22.2. The quantitative estimate of drug-likeness (QED) is 0.692. The number of amides is 1. The molecule has 0 aromatic heterocycles. The Labute approximate surface area is 132 Å². The van der Waals surface area contributed by atoms with Crippen LogP contribution in [-0.4, -0.2) is 62.1 Å². The fourth-order valence-corrected chi connectivity index (χ4v) is 4.74. The smallest absolute Gasteiger partial charge is 0.232 e. The lowest BCUT2D eigenvalue weighted by Gasteiger charge is -2.33. The molecule has 0 radical (unpaired) electrons. The molecule has 21 heavy (non-hydrogen) atoms. The van der Waals surface area contributed by atoms with Gasteiger partial charge in [-0.1, -0.05) is 6.42 Å². The van der Waals surface area contributed by atoms with E-state index in [1.165, 1.54) is 19.3 Å². The zero-order valence-electron chi connectivity index (χ0n) is 12.6. The molecule has 1 amide bonds. The van der Waals surface area contributed by atoms with Crippen LogP contribution in [0.15, 0.2) is 0 Å². The number of likely N-dealkylation sites (tertiary alicyclic amines) is 2. The van der Waals surface area contributed by atoms with Gasteiger partial charge in [-0.3, -0.25) is 4.79 Å². The molecule has 0 aliphatic carbocycles. The molecule has 0 bridgehead atoms. The van der Waals surface area contributed by atoms with Crippen molar-refractivity contribution in [1.29, 1.82) is 0 Å². The first-order valence-electron chi connectivity index (χ1n) is 7.79. The molecule has 2 aliphatic heterocycles. The minimum Gasteiger partial charge on any atom is -0.342 e. The van der Waals surface area contributed by atoms with E-state index in [1.54, 1.807) is 4.90 Å². The standard InChI is InChI=1S/C14H25ClN2O3S/c1-12-5-2-3-6-16(12)7-4-8-17-10-13(9-14(17)18)11-21(15,19)20/h12-13H,2-11H2,1H3. The van der Waals surface area contributed by atoms with Crippen molar-refractivity contribution in [2.24, 2.45) is 5.92 Å². The van der Waals surface area contributed by atoms with Crippen molar-refractivity contribution in [2.45, 2.75) is 45.1 Å². The third-order valence-electron chi connectivity index (χ3n) is 4.54. The molecule has 2 fully saturated rings. The summed E-state index contributed by atoms with van der Waals surface area (Å²) in [7, 11) is 1.75. The third kappa shape index (κ3) is 5.42. The largest absolute Gasteiger partial charge is 0.342 e. The molecule has 2 unspecified atom stereocenters. The van der Waals surface area contributed by atoms with Crippen LogP contribution in [0.25, 0.3) is 0 Å². The maximum Gasteiger partial charge on any atom is 0.232 e. The second-order valence-corrected chi connectivity index (χ2v) is 9.17. The van der Waals surface area contributed by atoms with Crippen LogP contribution in [-0.2, 0) is 13.8 Å². The molecular formula is C14H25ClN2O3S. The SMILES string of the molecule is CC1CCCCN1CCCN1CC(CS(=O)(=O)Cl)CC1=O. The van der Waals surface area contributed by atoms with Gasteiger partial charge in [-0.15, -0.1) is 0 Å². The number of carbonyl (C=O) groups excluding carboxylic acids is 1. The Morgan fingerprint density at radius 3 is 2.71 bits per heavy atom. The maximum atomic E-state index is 11.9. The number of halogens is 1. The molecule has 0 aromatic rings. The number of hydrogen-bond donors (Lipinski definition) is 0. The minimum atomic E-state index is -3.51. The second-order valence-electron chi connectivity index (χ2n) is 6.35. The van der Waals surface area contributed by atoms with E-state index in [-0.39, 0.29) is 17.6 Å². The lowest BCUT2D eigenvalue weighted by Crippen LogP contribution is -2.39. The van der Waals surface area contributed by atoms with E-state index >= 15 is 0 Å². The molecule has 2 atom stereocenters. The maximum absolute atomic E-state index is 11.9. The van der Waals surface area contributed by atoms with E-state index in [0.717, 1.165) is 26.1 Å². The monoisotopic (exact) mass is 336 g/mol. The minimum absolute atomic E-state index is 0.0620. The fourth-order valence-electron chi connectivity index (χ4n) is 3.42. The van der Waals surface area contributed by atoms with Gasteiger partial charge >= 0.3 is 0 Å². The third-order valence-corrected chi connectivity index (χ3v) is 5.79. The Bertz CT molecular complexity index is 469. The van der Waals surface area contributed by atoms with Crippen LogP contribution in [0.5, 0.6) is 0 Å². The molecule has 122 valence electrons. The summed E-state index contributed by atoms with van der Waals surface area (Å²) in [6, 6.07) is 0.641. The van der Waals surface area contributed by atoms with Crippen LogP contribution < -0.4 is 0 Å². The first kappa shape index (κ1) is 17.0. The van der Waals surface area contributed by atoms with Crippen molar-refractivity contribution in [1.82, 2.24) is 9.80 Å². The highest BCUT2D eigenvalue weighted by atomic mass is 35.7. The molecule has 2 rings (SSSR count). The van der Waals surface area contributed by atoms with E-state index in [2.05, 4.69) is 11.8 Å². The molecule has 0 spiro atoms. The number of hydrogen-bond acceptors (Lipinski definition) is 4. The summed E-state index contributed by atoms with van der Waals surface area (Å²) in [5, 5.41) is 0. The Kier molecular flexibility index (Phi) is 5.91. The average molecular weight is 337 g/mol. The summed E-state index contributed by atoms with van der Waals surface area (Å²) in [6.45, 7) is 5.69. The molecule has 0 aromatic carbocycles. The van der Waals surface area contributed by atoms with Crippen LogP contribution >= 0.6 is 10.7 Å². The van der Waals surface area contributed by atoms with Crippen LogP contribution in [0.4, 0.5) is 0 Å².